The van der Waals surface area contributed by atoms with Crippen LogP contribution in [0.2, 0.25) is 0 Å². The van der Waals surface area contributed by atoms with Crippen molar-refractivity contribution in [3.63, 3.8) is 0 Å². The minimum Gasteiger partial charge on any atom is -0.481 e. The maximum absolute atomic E-state index is 11.5. The second kappa shape index (κ2) is 5.89. The van der Waals surface area contributed by atoms with Crippen LogP contribution in [0.25, 0.3) is 0 Å². The molecule has 0 heterocycles. The van der Waals surface area contributed by atoms with E-state index in [4.69, 9.17) is 5.11 Å². The molecule has 0 aliphatic heterocycles. The van der Waals surface area contributed by atoms with Gasteiger partial charge in [-0.25, -0.2) is 4.79 Å². The molecule has 1 atom stereocenters. The van der Waals surface area contributed by atoms with E-state index in [1.807, 2.05) is 13.8 Å². The lowest BCUT2D eigenvalue weighted by molar-refractivity contribution is -0.142. The first-order valence-corrected chi connectivity index (χ1v) is 6.17. The lowest BCUT2D eigenvalue weighted by atomic mass is 9.82. The molecule has 0 aromatic heterocycles. The first kappa shape index (κ1) is 13.8. The Kier molecular flexibility index (Phi) is 4.78. The van der Waals surface area contributed by atoms with Crippen molar-refractivity contribution in [1.29, 1.82) is 0 Å². The number of nitrogens with one attached hydrogen (secondary N) is 2. The molecule has 1 fully saturated rings. The number of urea groups is 1. The molecule has 0 aromatic rings. The fraction of sp³-hybridized carbons (Fsp3) is 0.833. The quantitative estimate of drug-likeness (QED) is 0.682. The van der Waals surface area contributed by atoms with Gasteiger partial charge in [0.1, 0.15) is 0 Å². The van der Waals surface area contributed by atoms with Crippen LogP contribution in [0, 0.1) is 17.8 Å². The van der Waals surface area contributed by atoms with E-state index in [-0.39, 0.29) is 24.5 Å². The zero-order chi connectivity index (χ0) is 13.0. The third-order valence-electron chi connectivity index (χ3n) is 3.31. The number of rotatable bonds is 5. The molecular weight excluding hydrogens is 220 g/mol. The number of hydrogen-bond acceptors (Lipinski definition) is 2. The van der Waals surface area contributed by atoms with E-state index in [1.165, 1.54) is 0 Å². The van der Waals surface area contributed by atoms with Crippen LogP contribution in [-0.4, -0.2) is 29.7 Å². The Morgan fingerprint density at radius 2 is 1.94 bits per heavy atom. The average Bonchev–Trinajstić information content (AvgIpc) is 2.14. The normalized spacial score (nSPS) is 24.9. The van der Waals surface area contributed by atoms with Crippen LogP contribution in [0.4, 0.5) is 4.79 Å². The number of carbonyl (C=O) groups excluding carboxylic acids is 1. The predicted octanol–water partition coefficient (Wildman–Crippen LogP) is 1.44. The first-order valence-electron chi connectivity index (χ1n) is 6.17. The largest absolute Gasteiger partial charge is 0.481 e. The Bertz CT molecular complexity index is 285. The Balaban J connectivity index is 2.24. The van der Waals surface area contributed by atoms with Gasteiger partial charge in [0.05, 0.1) is 5.92 Å². The number of carboxylic acids is 1. The lowest BCUT2D eigenvalue weighted by Crippen LogP contribution is -2.49. The Labute approximate surface area is 102 Å². The summed E-state index contributed by atoms with van der Waals surface area (Å²) in [4.78, 5) is 22.4. The van der Waals surface area contributed by atoms with E-state index in [0.717, 1.165) is 12.8 Å². The summed E-state index contributed by atoms with van der Waals surface area (Å²) in [5.41, 5.74) is 0. The van der Waals surface area contributed by atoms with Gasteiger partial charge in [-0.15, -0.1) is 0 Å². The van der Waals surface area contributed by atoms with Crippen LogP contribution in [0.1, 0.15) is 33.6 Å². The summed E-state index contributed by atoms with van der Waals surface area (Å²) in [6.07, 6.45) is 2.03. The van der Waals surface area contributed by atoms with Crippen LogP contribution in [0.3, 0.4) is 0 Å². The molecule has 1 rings (SSSR count). The van der Waals surface area contributed by atoms with Gasteiger partial charge in [-0.1, -0.05) is 20.8 Å². The Hall–Kier alpha value is -1.26. The predicted molar refractivity (Wildman–Crippen MR) is 64.7 cm³/mol. The molecule has 0 saturated heterocycles. The number of carbonyl (C=O) groups is 2. The third kappa shape index (κ3) is 4.24. The number of amides is 2. The third-order valence-corrected chi connectivity index (χ3v) is 3.31. The number of aliphatic carboxylic acids is 1. The van der Waals surface area contributed by atoms with Crippen molar-refractivity contribution < 1.29 is 14.7 Å². The molecule has 0 spiro atoms. The van der Waals surface area contributed by atoms with Crippen molar-refractivity contribution >= 4 is 12.0 Å². The summed E-state index contributed by atoms with van der Waals surface area (Å²) >= 11 is 0. The molecule has 1 aliphatic carbocycles. The summed E-state index contributed by atoms with van der Waals surface area (Å²) < 4.78 is 0. The average molecular weight is 242 g/mol. The van der Waals surface area contributed by atoms with E-state index < -0.39 is 11.9 Å². The number of hydrogen-bond donors (Lipinski definition) is 3. The molecule has 3 N–H and O–H groups in total. The molecule has 0 bridgehead atoms. The van der Waals surface area contributed by atoms with Gasteiger partial charge in [-0.3, -0.25) is 4.79 Å². The van der Waals surface area contributed by atoms with Gasteiger partial charge < -0.3 is 15.7 Å². The highest BCUT2D eigenvalue weighted by Crippen LogP contribution is 2.25. The van der Waals surface area contributed by atoms with Gasteiger partial charge in [-0.05, 0) is 24.7 Å². The molecule has 17 heavy (non-hydrogen) atoms. The summed E-state index contributed by atoms with van der Waals surface area (Å²) in [5, 5.41) is 14.4. The van der Waals surface area contributed by atoms with E-state index >= 15 is 0 Å². The Morgan fingerprint density at radius 3 is 2.35 bits per heavy atom. The molecule has 1 saturated carbocycles. The highest BCUT2D eigenvalue weighted by Gasteiger charge is 2.27. The maximum Gasteiger partial charge on any atom is 0.315 e. The summed E-state index contributed by atoms with van der Waals surface area (Å²) in [6.45, 7) is 6.01. The lowest BCUT2D eigenvalue weighted by Gasteiger charge is -2.33. The molecular formula is C12H22N2O3. The monoisotopic (exact) mass is 242 g/mol. The van der Waals surface area contributed by atoms with Crippen molar-refractivity contribution in [3.8, 4) is 0 Å². The van der Waals surface area contributed by atoms with Gasteiger partial charge in [0.2, 0.25) is 0 Å². The van der Waals surface area contributed by atoms with Gasteiger partial charge in [0.15, 0.2) is 0 Å². The van der Waals surface area contributed by atoms with E-state index in [1.54, 1.807) is 0 Å². The second-order valence-corrected chi connectivity index (χ2v) is 5.32. The van der Waals surface area contributed by atoms with Crippen LogP contribution in [0.15, 0.2) is 0 Å². The molecule has 5 nitrogen and oxygen atoms in total. The van der Waals surface area contributed by atoms with Crippen LogP contribution in [-0.2, 0) is 4.79 Å². The van der Waals surface area contributed by atoms with Crippen molar-refractivity contribution in [2.75, 3.05) is 6.54 Å². The zero-order valence-corrected chi connectivity index (χ0v) is 10.7. The standard InChI is InChI=1S/C12H22N2O3/c1-7(2)10(11(15)16)6-13-12(17)14-9-4-8(3)5-9/h7-10H,4-6H2,1-3H3,(H,15,16)(H2,13,14,17). The first-order chi connectivity index (χ1) is 7.90. The van der Waals surface area contributed by atoms with Gasteiger partial charge in [-0.2, -0.15) is 0 Å². The van der Waals surface area contributed by atoms with Crippen molar-refractivity contribution in [2.24, 2.45) is 17.8 Å². The second-order valence-electron chi connectivity index (χ2n) is 5.32. The highest BCUT2D eigenvalue weighted by atomic mass is 16.4. The SMILES string of the molecule is CC1CC(NC(=O)NCC(C(=O)O)C(C)C)C1. The van der Waals surface area contributed by atoms with E-state index in [0.29, 0.717) is 5.92 Å². The molecule has 0 aromatic carbocycles. The Morgan fingerprint density at radius 1 is 1.35 bits per heavy atom. The smallest absolute Gasteiger partial charge is 0.315 e. The van der Waals surface area contributed by atoms with Crippen molar-refractivity contribution in [2.45, 2.75) is 39.7 Å². The molecule has 0 radical (unpaired) electrons. The highest BCUT2D eigenvalue weighted by molar-refractivity contribution is 5.76. The molecule has 1 unspecified atom stereocenters. The maximum atomic E-state index is 11.5. The van der Waals surface area contributed by atoms with Gasteiger partial charge in [0, 0.05) is 12.6 Å². The summed E-state index contributed by atoms with van der Waals surface area (Å²) in [6, 6.07) is 0.00104. The van der Waals surface area contributed by atoms with Crippen molar-refractivity contribution in [1.82, 2.24) is 10.6 Å². The number of carboxylic acid groups (broad SMARTS) is 1. The molecule has 1 aliphatic rings. The molecule has 2 amide bonds. The minimum absolute atomic E-state index is 0.0107. The van der Waals surface area contributed by atoms with Gasteiger partial charge in [0.25, 0.3) is 0 Å². The van der Waals surface area contributed by atoms with E-state index in [2.05, 4.69) is 17.6 Å². The topological polar surface area (TPSA) is 78.4 Å². The molecule has 98 valence electrons. The van der Waals surface area contributed by atoms with Crippen molar-refractivity contribution in [3.05, 3.63) is 0 Å². The van der Waals surface area contributed by atoms with Crippen LogP contribution in [0.5, 0.6) is 0 Å². The van der Waals surface area contributed by atoms with E-state index in [9.17, 15) is 9.59 Å². The summed E-state index contributed by atoms with van der Waals surface area (Å²) in [7, 11) is 0. The minimum atomic E-state index is -0.863. The zero-order valence-electron chi connectivity index (χ0n) is 10.7. The van der Waals surface area contributed by atoms with Crippen LogP contribution < -0.4 is 10.6 Å². The molecule has 5 heteroatoms. The van der Waals surface area contributed by atoms with Gasteiger partial charge >= 0.3 is 12.0 Å². The van der Waals surface area contributed by atoms with Crippen LogP contribution >= 0.6 is 0 Å². The summed E-state index contributed by atoms with van der Waals surface area (Å²) in [5.74, 6) is -0.696. The fourth-order valence-electron chi connectivity index (χ4n) is 2.07. The fourth-order valence-corrected chi connectivity index (χ4v) is 2.07.